The molecule has 2 saturated heterocycles. The number of carbonyl (C=O) groups is 2. The van der Waals surface area contributed by atoms with Crippen LogP contribution in [0.1, 0.15) is 69.8 Å². The summed E-state index contributed by atoms with van der Waals surface area (Å²) in [5, 5.41) is 12.8. The monoisotopic (exact) mass is 447 g/mol. The van der Waals surface area contributed by atoms with Crippen LogP contribution in [-0.4, -0.2) is 52.1 Å². The molecule has 0 spiro atoms. The van der Waals surface area contributed by atoms with Crippen LogP contribution in [0, 0.1) is 13.8 Å². The summed E-state index contributed by atoms with van der Waals surface area (Å²) < 4.78 is 0. The third-order valence-electron chi connectivity index (χ3n) is 7.66. The second-order valence-electron chi connectivity index (χ2n) is 9.95. The van der Waals surface area contributed by atoms with E-state index < -0.39 is 6.23 Å². The molecule has 174 valence electrons. The number of aliphatic hydroxyl groups excluding tert-OH is 1. The Kier molecular flexibility index (Phi) is 5.97. The fraction of sp³-hybridized carbons (Fsp3) is 0.481. The number of nitrogens with one attached hydrogen (secondary N) is 1. The molecule has 2 fully saturated rings. The van der Waals surface area contributed by atoms with Gasteiger partial charge in [-0.1, -0.05) is 35.9 Å². The maximum absolute atomic E-state index is 13.0. The summed E-state index contributed by atoms with van der Waals surface area (Å²) in [6.45, 7) is 8.01. The average molecular weight is 448 g/mol. The molecule has 2 amide bonds. The fourth-order valence-corrected chi connectivity index (χ4v) is 5.62. The van der Waals surface area contributed by atoms with Gasteiger partial charge in [0.15, 0.2) is 0 Å². The van der Waals surface area contributed by atoms with Crippen LogP contribution >= 0.6 is 0 Å². The van der Waals surface area contributed by atoms with Crippen molar-refractivity contribution in [2.24, 2.45) is 0 Å². The molecular formula is C27H33N3O3. The molecule has 33 heavy (non-hydrogen) atoms. The number of hydrogen-bond donors (Lipinski definition) is 2. The van der Waals surface area contributed by atoms with E-state index in [1.165, 1.54) is 22.3 Å². The molecule has 6 heteroatoms. The Morgan fingerprint density at radius 3 is 2.58 bits per heavy atom. The van der Waals surface area contributed by atoms with Gasteiger partial charge in [0, 0.05) is 25.1 Å². The van der Waals surface area contributed by atoms with Gasteiger partial charge in [0.05, 0.1) is 6.04 Å². The van der Waals surface area contributed by atoms with Gasteiger partial charge < -0.3 is 15.3 Å². The number of aliphatic hydroxyl groups is 1. The molecule has 6 nitrogen and oxygen atoms in total. The Balaban J connectivity index is 1.23. The standard InChI is InChI=1S/C27H33N3O3/c1-17-3-4-18(2)21(13-17)15-29-11-9-19(10-12-29)20-5-6-23-22(14-20)16-30(27(23)33)24-7-8-25(31)28-26(24)32/h3-6,13-14,19,24,26,32H,7-12,15-16H2,1-2H3,(H,28,31). The van der Waals surface area contributed by atoms with Gasteiger partial charge in [-0.3, -0.25) is 14.5 Å². The number of fused-ring (bicyclic) bond motifs is 1. The fourth-order valence-electron chi connectivity index (χ4n) is 5.62. The van der Waals surface area contributed by atoms with E-state index in [4.69, 9.17) is 0 Å². The summed E-state index contributed by atoms with van der Waals surface area (Å²) >= 11 is 0. The molecule has 0 aromatic heterocycles. The highest BCUT2D eigenvalue weighted by atomic mass is 16.3. The van der Waals surface area contributed by atoms with Crippen molar-refractivity contribution in [2.75, 3.05) is 13.1 Å². The average Bonchev–Trinajstić information content (AvgIpc) is 3.12. The van der Waals surface area contributed by atoms with Crippen LogP contribution in [0.4, 0.5) is 0 Å². The van der Waals surface area contributed by atoms with Crippen LogP contribution in [0.2, 0.25) is 0 Å². The van der Waals surface area contributed by atoms with Crippen LogP contribution in [0.3, 0.4) is 0 Å². The predicted molar refractivity (Wildman–Crippen MR) is 127 cm³/mol. The minimum atomic E-state index is -0.995. The third-order valence-corrected chi connectivity index (χ3v) is 7.66. The lowest BCUT2D eigenvalue weighted by Crippen LogP contribution is -2.55. The SMILES string of the molecule is Cc1ccc(C)c(CN2CCC(c3ccc4c(c3)CN(C3CCC(=O)NC3O)C4=O)CC2)c1. The third kappa shape index (κ3) is 4.42. The van der Waals surface area contributed by atoms with Gasteiger partial charge in [0.25, 0.3) is 5.91 Å². The van der Waals surface area contributed by atoms with E-state index in [9.17, 15) is 14.7 Å². The Bertz CT molecular complexity index is 1070. The molecule has 0 radical (unpaired) electrons. The molecule has 0 saturated carbocycles. The predicted octanol–water partition coefficient (Wildman–Crippen LogP) is 3.24. The number of amides is 2. The van der Waals surface area contributed by atoms with E-state index in [0.29, 0.717) is 25.3 Å². The van der Waals surface area contributed by atoms with Crippen molar-refractivity contribution in [2.45, 2.75) is 70.8 Å². The highest BCUT2D eigenvalue weighted by molar-refractivity contribution is 5.98. The number of benzene rings is 2. The van der Waals surface area contributed by atoms with Crippen LogP contribution < -0.4 is 5.32 Å². The van der Waals surface area contributed by atoms with Crippen molar-refractivity contribution in [3.63, 3.8) is 0 Å². The van der Waals surface area contributed by atoms with Crippen molar-refractivity contribution >= 4 is 11.8 Å². The zero-order chi connectivity index (χ0) is 23.1. The van der Waals surface area contributed by atoms with Gasteiger partial charge in [-0.25, -0.2) is 0 Å². The van der Waals surface area contributed by atoms with Crippen LogP contribution in [0.15, 0.2) is 36.4 Å². The Hall–Kier alpha value is -2.70. The lowest BCUT2D eigenvalue weighted by molar-refractivity contribution is -0.129. The highest BCUT2D eigenvalue weighted by Gasteiger charge is 2.39. The Morgan fingerprint density at radius 1 is 1.03 bits per heavy atom. The van der Waals surface area contributed by atoms with Crippen molar-refractivity contribution in [1.29, 1.82) is 0 Å². The number of carbonyl (C=O) groups excluding carboxylic acids is 2. The van der Waals surface area contributed by atoms with Crippen molar-refractivity contribution in [3.05, 3.63) is 69.8 Å². The normalized spacial score (nSPS) is 24.2. The first kappa shape index (κ1) is 22.1. The van der Waals surface area contributed by atoms with E-state index in [2.05, 4.69) is 54.4 Å². The number of likely N-dealkylation sites (tertiary alicyclic amines) is 1. The number of nitrogens with zero attached hydrogens (tertiary/aromatic N) is 2. The van der Waals surface area contributed by atoms with Crippen LogP contribution in [0.25, 0.3) is 0 Å². The van der Waals surface area contributed by atoms with Crippen molar-refractivity contribution in [1.82, 2.24) is 15.1 Å². The molecule has 0 bridgehead atoms. The summed E-state index contributed by atoms with van der Waals surface area (Å²) in [5.74, 6) is 0.308. The van der Waals surface area contributed by atoms with Gasteiger partial charge in [-0.05, 0) is 80.4 Å². The van der Waals surface area contributed by atoms with Gasteiger partial charge in [-0.2, -0.15) is 0 Å². The van der Waals surface area contributed by atoms with Gasteiger partial charge >= 0.3 is 0 Å². The first-order valence-corrected chi connectivity index (χ1v) is 12.1. The van der Waals surface area contributed by atoms with E-state index in [1.54, 1.807) is 4.90 Å². The van der Waals surface area contributed by atoms with E-state index >= 15 is 0 Å². The minimum Gasteiger partial charge on any atom is -0.372 e. The minimum absolute atomic E-state index is 0.0416. The number of aryl methyl sites for hydroxylation is 2. The molecule has 2 atom stereocenters. The van der Waals surface area contributed by atoms with Gasteiger partial charge in [0.1, 0.15) is 6.23 Å². The molecule has 2 N–H and O–H groups in total. The second kappa shape index (κ2) is 8.92. The molecule has 2 unspecified atom stereocenters. The summed E-state index contributed by atoms with van der Waals surface area (Å²) in [4.78, 5) is 28.8. The Morgan fingerprint density at radius 2 is 1.82 bits per heavy atom. The van der Waals surface area contributed by atoms with E-state index in [0.717, 1.165) is 43.6 Å². The summed E-state index contributed by atoms with van der Waals surface area (Å²) in [6, 6.07) is 12.6. The number of rotatable bonds is 4. The smallest absolute Gasteiger partial charge is 0.254 e. The second-order valence-corrected chi connectivity index (χ2v) is 9.95. The topological polar surface area (TPSA) is 72.9 Å². The molecule has 2 aromatic carbocycles. The molecule has 3 aliphatic heterocycles. The first-order valence-electron chi connectivity index (χ1n) is 12.1. The number of piperidine rings is 2. The lowest BCUT2D eigenvalue weighted by Gasteiger charge is -2.35. The summed E-state index contributed by atoms with van der Waals surface area (Å²) in [6.07, 6.45) is 2.08. The van der Waals surface area contributed by atoms with E-state index in [-0.39, 0.29) is 17.9 Å². The molecule has 3 aliphatic rings. The molecule has 5 rings (SSSR count). The van der Waals surface area contributed by atoms with Crippen molar-refractivity contribution < 1.29 is 14.7 Å². The quantitative estimate of drug-likeness (QED) is 0.755. The number of hydrogen-bond acceptors (Lipinski definition) is 4. The first-order chi connectivity index (χ1) is 15.9. The highest BCUT2D eigenvalue weighted by Crippen LogP contribution is 2.34. The van der Waals surface area contributed by atoms with E-state index in [1.807, 2.05) is 6.07 Å². The van der Waals surface area contributed by atoms with Crippen LogP contribution in [0.5, 0.6) is 0 Å². The molecule has 3 heterocycles. The molecule has 0 aliphatic carbocycles. The largest absolute Gasteiger partial charge is 0.372 e. The van der Waals surface area contributed by atoms with Crippen molar-refractivity contribution in [3.8, 4) is 0 Å². The van der Waals surface area contributed by atoms with Gasteiger partial charge in [-0.15, -0.1) is 0 Å². The zero-order valence-corrected chi connectivity index (χ0v) is 19.5. The van der Waals surface area contributed by atoms with Gasteiger partial charge in [0.2, 0.25) is 5.91 Å². The maximum Gasteiger partial charge on any atom is 0.254 e. The summed E-state index contributed by atoms with van der Waals surface area (Å²) in [5.41, 5.74) is 7.18. The zero-order valence-electron chi connectivity index (χ0n) is 19.5. The lowest BCUT2D eigenvalue weighted by atomic mass is 9.87. The Labute approximate surface area is 195 Å². The maximum atomic E-state index is 13.0. The molecule has 2 aromatic rings. The van der Waals surface area contributed by atoms with Crippen LogP contribution in [-0.2, 0) is 17.9 Å². The summed E-state index contributed by atoms with van der Waals surface area (Å²) in [7, 11) is 0. The molecular weight excluding hydrogens is 414 g/mol.